The van der Waals surface area contributed by atoms with Crippen molar-refractivity contribution in [1.82, 2.24) is 0 Å². The highest BCUT2D eigenvalue weighted by molar-refractivity contribution is 5.79. The molecule has 0 spiro atoms. The van der Waals surface area contributed by atoms with Gasteiger partial charge in [0.05, 0.1) is 6.10 Å². The molecule has 4 heteroatoms. The van der Waals surface area contributed by atoms with Gasteiger partial charge in [0.15, 0.2) is 0 Å². The van der Waals surface area contributed by atoms with E-state index in [2.05, 4.69) is 6.92 Å². The van der Waals surface area contributed by atoms with E-state index in [1.165, 1.54) is 0 Å². The van der Waals surface area contributed by atoms with Crippen molar-refractivity contribution in [1.29, 1.82) is 0 Å². The van der Waals surface area contributed by atoms with Crippen molar-refractivity contribution >= 4 is 5.78 Å². The molecule has 0 amide bonds. The Hall–Kier alpha value is -0.510. The Morgan fingerprint density at radius 1 is 1.08 bits per heavy atom. The third-order valence-electron chi connectivity index (χ3n) is 9.20. The molecule has 9 atom stereocenters. The molecule has 9 unspecified atom stereocenters. The van der Waals surface area contributed by atoms with Crippen molar-refractivity contribution in [3.63, 3.8) is 0 Å². The molecule has 0 heterocycles. The fourth-order valence-electron chi connectivity index (χ4n) is 7.83. The van der Waals surface area contributed by atoms with Crippen LogP contribution in [-0.4, -0.2) is 28.8 Å². The van der Waals surface area contributed by atoms with Crippen LogP contribution < -0.4 is 0 Å². The molecule has 25 heavy (non-hydrogen) atoms. The van der Waals surface area contributed by atoms with Crippen molar-refractivity contribution in [2.24, 2.45) is 34.5 Å². The number of rotatable bonds is 1. The van der Waals surface area contributed by atoms with Crippen LogP contribution in [0.3, 0.4) is 0 Å². The number of aliphatic hydroxyl groups excluding tert-OH is 1. The predicted octanol–water partition coefficient (Wildman–Crippen LogP) is 4.64. The number of Topliss-reactive ketones (excluding diaryl/α,β-unsaturated/α-hetero) is 1. The molecule has 4 saturated carbocycles. The Labute approximate surface area is 149 Å². The fraction of sp³-hybridized carbons (Fsp3) is 0.952. The monoisotopic (exact) mass is 354 g/mol. The van der Waals surface area contributed by atoms with Crippen molar-refractivity contribution in [2.75, 3.05) is 0 Å². The van der Waals surface area contributed by atoms with Gasteiger partial charge in [0.1, 0.15) is 17.6 Å². The molecule has 2 nitrogen and oxygen atoms in total. The van der Waals surface area contributed by atoms with Gasteiger partial charge in [-0.2, -0.15) is 0 Å². The molecule has 4 rings (SSSR count). The van der Waals surface area contributed by atoms with Crippen LogP contribution in [0.1, 0.15) is 72.1 Å². The van der Waals surface area contributed by atoms with Crippen LogP contribution in [0.15, 0.2) is 0 Å². The number of hydrogen-bond donors (Lipinski definition) is 1. The molecule has 4 fully saturated rings. The number of ketones is 1. The van der Waals surface area contributed by atoms with Gasteiger partial charge >= 0.3 is 0 Å². The number of fused-ring (bicyclic) bond motifs is 5. The zero-order chi connectivity index (χ0) is 18.2. The van der Waals surface area contributed by atoms with Gasteiger partial charge in [0.25, 0.3) is 0 Å². The highest BCUT2D eigenvalue weighted by atomic mass is 19.2. The third-order valence-corrected chi connectivity index (χ3v) is 9.20. The molecule has 4 aliphatic carbocycles. The number of alkyl halides is 2. The van der Waals surface area contributed by atoms with E-state index in [0.717, 1.165) is 25.7 Å². The Bertz CT molecular complexity index is 580. The van der Waals surface area contributed by atoms with Crippen LogP contribution >= 0.6 is 0 Å². The van der Waals surface area contributed by atoms with Gasteiger partial charge in [-0.3, -0.25) is 4.79 Å². The van der Waals surface area contributed by atoms with Crippen LogP contribution in [-0.2, 0) is 4.79 Å². The fourth-order valence-corrected chi connectivity index (χ4v) is 7.83. The van der Waals surface area contributed by atoms with E-state index >= 15 is 8.78 Å². The van der Waals surface area contributed by atoms with Crippen LogP contribution in [0.25, 0.3) is 0 Å². The van der Waals surface area contributed by atoms with Crippen molar-refractivity contribution in [3.8, 4) is 0 Å². The van der Waals surface area contributed by atoms with Gasteiger partial charge in [0, 0.05) is 17.8 Å². The van der Waals surface area contributed by atoms with E-state index in [4.69, 9.17) is 0 Å². The summed E-state index contributed by atoms with van der Waals surface area (Å²) in [6.45, 7) is 5.87. The molecular formula is C21H32F2O2. The van der Waals surface area contributed by atoms with E-state index in [1.54, 1.807) is 6.92 Å². The SMILES string of the molecule is CC(=O)C1CCC2C3CC(F)C4(F)CC(O)CCC4(C)C3CCC12C. The van der Waals surface area contributed by atoms with Gasteiger partial charge in [0.2, 0.25) is 0 Å². The molecule has 0 aromatic heterocycles. The van der Waals surface area contributed by atoms with Gasteiger partial charge in [-0.25, -0.2) is 8.78 Å². The van der Waals surface area contributed by atoms with Gasteiger partial charge in [-0.15, -0.1) is 0 Å². The Morgan fingerprint density at radius 2 is 1.80 bits per heavy atom. The lowest BCUT2D eigenvalue weighted by Gasteiger charge is -2.63. The molecule has 0 aromatic carbocycles. The standard InChI is InChI=1S/C21H32F2O2/c1-12(24)15-4-5-16-14-10-18(22)21(23)11-13(25)6-9-20(21,3)17(14)7-8-19(15,16)2/h13-18,25H,4-11H2,1-3H3. The summed E-state index contributed by atoms with van der Waals surface area (Å²) in [6, 6.07) is 0. The van der Waals surface area contributed by atoms with E-state index in [9.17, 15) is 9.90 Å². The number of halogens is 2. The topological polar surface area (TPSA) is 37.3 Å². The van der Waals surface area contributed by atoms with Crippen molar-refractivity contribution in [3.05, 3.63) is 0 Å². The average Bonchev–Trinajstić information content (AvgIpc) is 2.88. The van der Waals surface area contributed by atoms with Gasteiger partial charge in [-0.1, -0.05) is 13.8 Å². The largest absolute Gasteiger partial charge is 0.393 e. The van der Waals surface area contributed by atoms with Crippen LogP contribution in [0, 0.1) is 34.5 Å². The van der Waals surface area contributed by atoms with E-state index < -0.39 is 23.4 Å². The van der Waals surface area contributed by atoms with Crippen molar-refractivity contribution < 1.29 is 18.7 Å². The first-order valence-corrected chi connectivity index (χ1v) is 10.1. The Morgan fingerprint density at radius 3 is 2.48 bits per heavy atom. The number of carbonyl (C=O) groups is 1. The number of carbonyl (C=O) groups excluding carboxylic acids is 1. The third kappa shape index (κ3) is 2.18. The second-order valence-corrected chi connectivity index (χ2v) is 10.0. The molecule has 0 saturated heterocycles. The summed E-state index contributed by atoms with van der Waals surface area (Å²) < 4.78 is 31.0. The Kier molecular flexibility index (Phi) is 3.93. The number of hydrogen-bond acceptors (Lipinski definition) is 2. The second-order valence-electron chi connectivity index (χ2n) is 10.0. The lowest BCUT2D eigenvalue weighted by molar-refractivity contribution is -0.215. The van der Waals surface area contributed by atoms with E-state index in [-0.39, 0.29) is 41.8 Å². The first kappa shape index (κ1) is 17.9. The minimum absolute atomic E-state index is 0.0342. The van der Waals surface area contributed by atoms with Gasteiger partial charge in [-0.05, 0) is 75.0 Å². The predicted molar refractivity (Wildman–Crippen MR) is 92.5 cm³/mol. The average molecular weight is 354 g/mol. The molecule has 1 N–H and O–H groups in total. The molecule has 0 bridgehead atoms. The zero-order valence-electron chi connectivity index (χ0n) is 15.7. The normalized spacial score (nSPS) is 58.2. The van der Waals surface area contributed by atoms with Crippen LogP contribution in [0.2, 0.25) is 0 Å². The lowest BCUT2D eigenvalue weighted by atomic mass is 9.43. The maximum atomic E-state index is 15.9. The maximum absolute atomic E-state index is 15.9. The van der Waals surface area contributed by atoms with Crippen LogP contribution in [0.4, 0.5) is 8.78 Å². The minimum atomic E-state index is -1.89. The van der Waals surface area contributed by atoms with E-state index in [0.29, 0.717) is 18.8 Å². The summed E-state index contributed by atoms with van der Waals surface area (Å²) in [6.07, 6.45) is 2.91. The molecule has 142 valence electrons. The molecular weight excluding hydrogens is 322 g/mol. The highest BCUT2D eigenvalue weighted by Crippen LogP contribution is 2.69. The van der Waals surface area contributed by atoms with Gasteiger partial charge < -0.3 is 5.11 Å². The summed E-state index contributed by atoms with van der Waals surface area (Å²) in [5.41, 5.74) is -2.60. The maximum Gasteiger partial charge on any atom is 0.150 e. The summed E-state index contributed by atoms with van der Waals surface area (Å²) in [5, 5.41) is 9.98. The first-order chi connectivity index (χ1) is 11.6. The second kappa shape index (κ2) is 5.50. The summed E-state index contributed by atoms with van der Waals surface area (Å²) >= 11 is 0. The molecule has 0 aromatic rings. The first-order valence-electron chi connectivity index (χ1n) is 10.1. The van der Waals surface area contributed by atoms with Crippen molar-refractivity contribution in [2.45, 2.75) is 90.1 Å². The Balaban J connectivity index is 1.69. The molecule has 4 aliphatic rings. The zero-order valence-corrected chi connectivity index (χ0v) is 15.7. The molecule has 0 aliphatic heterocycles. The lowest BCUT2D eigenvalue weighted by Crippen LogP contribution is -2.65. The number of aliphatic hydroxyl groups is 1. The quantitative estimate of drug-likeness (QED) is 0.745. The minimum Gasteiger partial charge on any atom is -0.393 e. The highest BCUT2D eigenvalue weighted by Gasteiger charge is 2.69. The summed E-state index contributed by atoms with van der Waals surface area (Å²) in [4.78, 5) is 12.1. The summed E-state index contributed by atoms with van der Waals surface area (Å²) in [5.74, 6) is 1.06. The summed E-state index contributed by atoms with van der Waals surface area (Å²) in [7, 11) is 0. The van der Waals surface area contributed by atoms with Crippen LogP contribution in [0.5, 0.6) is 0 Å². The molecule has 0 radical (unpaired) electrons. The van der Waals surface area contributed by atoms with E-state index in [1.807, 2.05) is 6.92 Å². The smallest absolute Gasteiger partial charge is 0.150 e.